The van der Waals surface area contributed by atoms with Crippen molar-refractivity contribution in [3.63, 3.8) is 0 Å². The van der Waals surface area contributed by atoms with Crippen molar-refractivity contribution in [2.24, 2.45) is 5.92 Å². The molecule has 1 fully saturated rings. The Labute approximate surface area is 122 Å². The van der Waals surface area contributed by atoms with Crippen molar-refractivity contribution in [3.8, 4) is 0 Å². The Morgan fingerprint density at radius 2 is 2.05 bits per heavy atom. The summed E-state index contributed by atoms with van der Waals surface area (Å²) < 4.78 is 0. The molecule has 0 aliphatic heterocycles. The standard InChI is InChI=1S/C16H28N2S/c1-4-10-17-12(3)15-11-19-16(18-15)14-8-6-13(5-2)7-9-14/h11-14,17H,4-10H2,1-3H3. The summed E-state index contributed by atoms with van der Waals surface area (Å²) in [7, 11) is 0. The molecule has 0 spiro atoms. The first-order chi connectivity index (χ1) is 9.24. The molecule has 1 aromatic rings. The van der Waals surface area contributed by atoms with Crippen LogP contribution in [0.3, 0.4) is 0 Å². The van der Waals surface area contributed by atoms with Gasteiger partial charge in [0.2, 0.25) is 0 Å². The fourth-order valence-corrected chi connectivity index (χ4v) is 4.05. The van der Waals surface area contributed by atoms with Gasteiger partial charge in [-0.15, -0.1) is 11.3 Å². The Morgan fingerprint density at radius 3 is 2.68 bits per heavy atom. The minimum Gasteiger partial charge on any atom is -0.309 e. The molecule has 0 aromatic carbocycles. The molecular weight excluding hydrogens is 252 g/mol. The lowest BCUT2D eigenvalue weighted by atomic mass is 9.81. The third kappa shape index (κ3) is 4.03. The Morgan fingerprint density at radius 1 is 1.32 bits per heavy atom. The highest BCUT2D eigenvalue weighted by Gasteiger charge is 2.24. The fraction of sp³-hybridized carbons (Fsp3) is 0.812. The minimum atomic E-state index is 0.400. The third-order valence-electron chi connectivity index (χ3n) is 4.46. The Balaban J connectivity index is 1.90. The zero-order valence-corrected chi connectivity index (χ0v) is 13.4. The number of thiazole rings is 1. The average molecular weight is 280 g/mol. The van der Waals surface area contributed by atoms with Crippen LogP contribution < -0.4 is 5.32 Å². The molecule has 19 heavy (non-hydrogen) atoms. The summed E-state index contributed by atoms with van der Waals surface area (Å²) in [5.74, 6) is 1.71. The van der Waals surface area contributed by atoms with Gasteiger partial charge >= 0.3 is 0 Å². The van der Waals surface area contributed by atoms with Crippen molar-refractivity contribution < 1.29 is 0 Å². The van der Waals surface area contributed by atoms with Crippen molar-refractivity contribution in [1.82, 2.24) is 10.3 Å². The third-order valence-corrected chi connectivity index (χ3v) is 5.48. The lowest BCUT2D eigenvalue weighted by molar-refractivity contribution is 0.318. The molecular formula is C16H28N2S. The first kappa shape index (κ1) is 15.0. The number of rotatable bonds is 6. The number of hydrogen-bond donors (Lipinski definition) is 1. The van der Waals surface area contributed by atoms with Crippen molar-refractivity contribution in [3.05, 3.63) is 16.1 Å². The van der Waals surface area contributed by atoms with Crippen molar-refractivity contribution >= 4 is 11.3 Å². The lowest BCUT2D eigenvalue weighted by Crippen LogP contribution is -2.19. The van der Waals surface area contributed by atoms with Gasteiger partial charge in [0.1, 0.15) is 0 Å². The summed E-state index contributed by atoms with van der Waals surface area (Å²) in [5.41, 5.74) is 1.24. The van der Waals surface area contributed by atoms with E-state index < -0.39 is 0 Å². The molecule has 1 unspecified atom stereocenters. The first-order valence-corrected chi connectivity index (χ1v) is 8.81. The average Bonchev–Trinajstić information content (AvgIpc) is 2.94. The second-order valence-electron chi connectivity index (χ2n) is 5.91. The van der Waals surface area contributed by atoms with Crippen LogP contribution in [-0.2, 0) is 0 Å². The number of nitrogens with zero attached hydrogens (tertiary/aromatic N) is 1. The molecule has 1 aliphatic carbocycles. The van der Waals surface area contributed by atoms with Crippen LogP contribution in [0.1, 0.15) is 82.0 Å². The van der Waals surface area contributed by atoms with Crippen LogP contribution in [-0.4, -0.2) is 11.5 Å². The molecule has 1 N–H and O–H groups in total. The quantitative estimate of drug-likeness (QED) is 0.802. The van der Waals surface area contributed by atoms with Crippen LogP contribution in [0.2, 0.25) is 0 Å². The van der Waals surface area contributed by atoms with E-state index in [9.17, 15) is 0 Å². The maximum atomic E-state index is 4.89. The maximum absolute atomic E-state index is 4.89. The van der Waals surface area contributed by atoms with E-state index in [0.29, 0.717) is 6.04 Å². The van der Waals surface area contributed by atoms with Crippen molar-refractivity contribution in [2.45, 2.75) is 71.3 Å². The highest BCUT2D eigenvalue weighted by Crippen LogP contribution is 2.38. The molecule has 0 saturated heterocycles. The van der Waals surface area contributed by atoms with Gasteiger partial charge in [-0.25, -0.2) is 4.98 Å². The second kappa shape index (κ2) is 7.39. The molecule has 1 saturated carbocycles. The molecule has 1 atom stereocenters. The summed E-state index contributed by atoms with van der Waals surface area (Å²) in [6, 6.07) is 0.400. The van der Waals surface area contributed by atoms with E-state index >= 15 is 0 Å². The predicted molar refractivity (Wildman–Crippen MR) is 83.8 cm³/mol. The molecule has 1 aromatic heterocycles. The number of nitrogens with one attached hydrogen (secondary N) is 1. The largest absolute Gasteiger partial charge is 0.309 e. The van der Waals surface area contributed by atoms with E-state index in [1.54, 1.807) is 0 Å². The molecule has 3 heteroatoms. The summed E-state index contributed by atoms with van der Waals surface area (Å²) >= 11 is 1.88. The Hall–Kier alpha value is -0.410. The molecule has 1 heterocycles. The second-order valence-corrected chi connectivity index (χ2v) is 6.80. The van der Waals surface area contributed by atoms with Gasteiger partial charge in [0.05, 0.1) is 10.7 Å². The topological polar surface area (TPSA) is 24.9 Å². The molecule has 0 radical (unpaired) electrons. The van der Waals surface area contributed by atoms with Crippen molar-refractivity contribution in [2.75, 3.05) is 6.54 Å². The smallest absolute Gasteiger partial charge is 0.0959 e. The molecule has 1 aliphatic rings. The van der Waals surface area contributed by atoms with Gasteiger partial charge in [-0.3, -0.25) is 0 Å². The van der Waals surface area contributed by atoms with Crippen molar-refractivity contribution in [1.29, 1.82) is 0 Å². The fourth-order valence-electron chi connectivity index (χ4n) is 2.97. The normalized spacial score (nSPS) is 25.4. The number of hydrogen-bond acceptors (Lipinski definition) is 3. The lowest BCUT2D eigenvalue weighted by Gasteiger charge is -2.26. The zero-order valence-electron chi connectivity index (χ0n) is 12.6. The zero-order chi connectivity index (χ0) is 13.7. The van der Waals surface area contributed by atoms with E-state index in [0.717, 1.165) is 18.4 Å². The summed E-state index contributed by atoms with van der Waals surface area (Å²) in [6.45, 7) is 7.84. The highest BCUT2D eigenvalue weighted by atomic mass is 32.1. The predicted octanol–water partition coefficient (Wildman–Crippen LogP) is 4.89. The van der Waals surface area contributed by atoms with E-state index in [2.05, 4.69) is 31.5 Å². The van der Waals surface area contributed by atoms with Gasteiger partial charge in [-0.1, -0.05) is 20.3 Å². The van der Waals surface area contributed by atoms with Gasteiger partial charge < -0.3 is 5.32 Å². The van der Waals surface area contributed by atoms with Crippen LogP contribution in [0.5, 0.6) is 0 Å². The highest BCUT2D eigenvalue weighted by molar-refractivity contribution is 7.09. The molecule has 2 rings (SSSR count). The van der Waals surface area contributed by atoms with Gasteiger partial charge in [0, 0.05) is 17.3 Å². The van der Waals surface area contributed by atoms with E-state index in [1.807, 2.05) is 11.3 Å². The van der Waals surface area contributed by atoms with Crippen LogP contribution in [0.25, 0.3) is 0 Å². The molecule has 0 bridgehead atoms. The SMILES string of the molecule is CCCNC(C)c1csc(C2CCC(CC)CC2)n1. The van der Waals surface area contributed by atoms with Gasteiger partial charge in [-0.05, 0) is 51.5 Å². The van der Waals surface area contributed by atoms with Gasteiger partial charge in [0.25, 0.3) is 0 Å². The summed E-state index contributed by atoms with van der Waals surface area (Å²) in [5, 5.41) is 7.17. The van der Waals surface area contributed by atoms with Gasteiger partial charge in [0.15, 0.2) is 0 Å². The summed E-state index contributed by atoms with van der Waals surface area (Å²) in [6.07, 6.45) is 8.04. The Bertz CT molecular complexity index is 367. The van der Waals surface area contributed by atoms with Crippen LogP contribution in [0.15, 0.2) is 5.38 Å². The van der Waals surface area contributed by atoms with E-state index in [4.69, 9.17) is 4.98 Å². The summed E-state index contributed by atoms with van der Waals surface area (Å²) in [4.78, 5) is 4.89. The van der Waals surface area contributed by atoms with Crippen LogP contribution in [0.4, 0.5) is 0 Å². The van der Waals surface area contributed by atoms with E-state index in [-0.39, 0.29) is 0 Å². The molecule has 108 valence electrons. The molecule has 2 nitrogen and oxygen atoms in total. The van der Waals surface area contributed by atoms with E-state index in [1.165, 1.54) is 49.2 Å². The van der Waals surface area contributed by atoms with Crippen LogP contribution in [0, 0.1) is 5.92 Å². The molecule has 0 amide bonds. The maximum Gasteiger partial charge on any atom is 0.0959 e. The minimum absolute atomic E-state index is 0.400. The number of aromatic nitrogens is 1. The van der Waals surface area contributed by atoms with Crippen LogP contribution >= 0.6 is 11.3 Å². The Kier molecular flexibility index (Phi) is 5.83. The van der Waals surface area contributed by atoms with Gasteiger partial charge in [-0.2, -0.15) is 0 Å². The monoisotopic (exact) mass is 280 g/mol. The first-order valence-electron chi connectivity index (χ1n) is 7.93.